The van der Waals surface area contributed by atoms with Crippen LogP contribution in [0.1, 0.15) is 16.7 Å². The quantitative estimate of drug-likeness (QED) is 0.0402. The lowest BCUT2D eigenvalue weighted by molar-refractivity contribution is 0.237. The van der Waals surface area contributed by atoms with E-state index in [0.29, 0.717) is 17.3 Å². The highest BCUT2D eigenvalue weighted by atomic mass is 79.9. The van der Waals surface area contributed by atoms with Crippen LogP contribution in [0.3, 0.4) is 0 Å². The van der Waals surface area contributed by atoms with Gasteiger partial charge >= 0.3 is 33.0 Å². The number of nitrogens with zero attached hydrogens (tertiary/aromatic N) is 3. The van der Waals surface area contributed by atoms with E-state index in [4.69, 9.17) is 14.2 Å². The second kappa shape index (κ2) is 26.9. The molecule has 0 amide bonds. The van der Waals surface area contributed by atoms with Gasteiger partial charge in [0.25, 0.3) is 0 Å². The third-order valence-corrected chi connectivity index (χ3v) is 18.7. The first kappa shape index (κ1) is 53.5. The Labute approximate surface area is 441 Å². The van der Waals surface area contributed by atoms with Gasteiger partial charge in [0.1, 0.15) is 0 Å². The normalized spacial score (nSPS) is 11.2. The van der Waals surface area contributed by atoms with Crippen LogP contribution in [0.4, 0.5) is 0 Å². The summed E-state index contributed by atoms with van der Waals surface area (Å²) in [4.78, 5) is 71.9. The van der Waals surface area contributed by atoms with Crippen molar-refractivity contribution in [3.63, 3.8) is 0 Å². The molecular weight excluding hydrogens is 1490 g/mol. The van der Waals surface area contributed by atoms with Crippen LogP contribution < -0.4 is 17.1 Å². The third kappa shape index (κ3) is 16.7. The van der Waals surface area contributed by atoms with E-state index in [0.717, 1.165) is 103 Å². The Morgan fingerprint density at radius 3 is 0.867 bits per heavy atom. The molecule has 0 radical (unpaired) electrons. The molecule has 0 saturated heterocycles. The number of benzene rings is 3. The molecule has 324 valence electrons. The Hall–Kier alpha value is 0.900. The van der Waals surface area contributed by atoms with Crippen LogP contribution in [0.15, 0.2) is 91.0 Å². The van der Waals surface area contributed by atoms with Crippen molar-refractivity contribution in [2.45, 2.75) is 36.9 Å². The molecule has 1 aromatic heterocycles. The zero-order chi connectivity index (χ0) is 44.1. The van der Waals surface area contributed by atoms with Crippen LogP contribution >= 0.6 is 208 Å². The zero-order valence-corrected chi connectivity index (χ0v) is 49.0. The molecule has 0 fully saturated rings. The van der Waals surface area contributed by atoms with Crippen LogP contribution in [0.5, 0.6) is 0 Å². The molecule has 0 unspecified atom stereocenters. The molecule has 0 atom stereocenters. The van der Waals surface area contributed by atoms with Gasteiger partial charge in [0.15, 0.2) is 0 Å². The lowest BCUT2D eigenvalue weighted by atomic mass is 10.2. The molecule has 0 aliphatic carbocycles. The van der Waals surface area contributed by atoms with E-state index in [1.54, 1.807) is 0 Å². The van der Waals surface area contributed by atoms with Crippen molar-refractivity contribution in [3.05, 3.63) is 125 Å². The van der Waals surface area contributed by atoms with E-state index < -0.39 is 33.0 Å². The summed E-state index contributed by atoms with van der Waals surface area (Å²) < 4.78 is 26.6. The van der Waals surface area contributed by atoms with Gasteiger partial charge in [-0.3, -0.25) is 0 Å². The van der Waals surface area contributed by atoms with Gasteiger partial charge in [-0.25, -0.2) is 28.1 Å². The average Bonchev–Trinajstić information content (AvgIpc) is 3.15. The first-order valence-corrected chi connectivity index (χ1v) is 30.3. The minimum Gasteiger partial charge on any atom is -0.329 e. The maximum absolute atomic E-state index is 13.6. The molecule has 3 aromatic carbocycles. The molecular formula is C33H27Br9N3O9S6+3. The third-order valence-electron chi connectivity index (χ3n) is 7.32. The van der Waals surface area contributed by atoms with E-state index in [9.17, 15) is 28.8 Å². The van der Waals surface area contributed by atoms with Gasteiger partial charge in [0.2, 0.25) is 19.8 Å². The molecule has 4 rings (SSSR count). The minimum absolute atomic E-state index is 0.286. The van der Waals surface area contributed by atoms with Gasteiger partial charge in [0.05, 0.1) is 52.0 Å². The predicted octanol–water partition coefficient (Wildman–Crippen LogP) is 12.2. The smallest absolute Gasteiger partial charge is 0.329 e. The number of aromatic nitrogens is 3. The Morgan fingerprint density at radius 2 is 0.650 bits per heavy atom. The lowest BCUT2D eigenvalue weighted by Crippen LogP contribution is -2.55. The van der Waals surface area contributed by atoms with Crippen LogP contribution in [-0.2, 0) is 51.1 Å². The fourth-order valence-corrected chi connectivity index (χ4v) is 18.4. The highest BCUT2D eigenvalue weighted by Crippen LogP contribution is 2.38. The van der Waals surface area contributed by atoms with Gasteiger partial charge < -0.3 is 28.6 Å². The van der Waals surface area contributed by atoms with Crippen LogP contribution in [0.25, 0.3) is 0 Å². The van der Waals surface area contributed by atoms with Gasteiger partial charge in [-0.1, -0.05) is 176 Å². The molecule has 0 spiro atoms. The number of hydrogen-bond acceptors (Lipinski definition) is 12. The van der Waals surface area contributed by atoms with Crippen molar-refractivity contribution in [3.8, 4) is 0 Å². The first-order valence-electron chi connectivity index (χ1n) is 16.3. The standard InChI is InChI=1S/C33H24Br9N3O9S6/c34-16-7-22(37)19(23(38)8-16)13-55-58-31(49)52-4-1-43-28(46)44(2-5-53-32(50)59-56-14-20-24(39)9-17(35)10-25(20)40)30(48)45(29(43)47)3-6-54-33(51)60-57-15-21-26(41)11-18(36)12-27(21)42/h7-12H,1-6,13-15H2/p+3. The fourth-order valence-electron chi connectivity index (χ4n) is 4.55. The Morgan fingerprint density at radius 1 is 0.433 bits per heavy atom. The van der Waals surface area contributed by atoms with Crippen molar-refractivity contribution in [1.29, 1.82) is 0 Å². The number of rotatable bonds is 18. The summed E-state index contributed by atoms with van der Waals surface area (Å²) in [5, 5.41) is -1.18. The average molecular weight is 1520 g/mol. The summed E-state index contributed by atoms with van der Waals surface area (Å²) in [5.74, 6) is 1.50. The highest BCUT2D eigenvalue weighted by molar-refractivity contribution is 9.12. The molecule has 60 heavy (non-hydrogen) atoms. The van der Waals surface area contributed by atoms with Crippen molar-refractivity contribution >= 4 is 224 Å². The van der Waals surface area contributed by atoms with Crippen LogP contribution in [-0.4, -0.2) is 63.8 Å². The molecule has 1 heterocycles. The van der Waals surface area contributed by atoms with E-state index in [-0.39, 0.29) is 39.5 Å². The summed E-state index contributed by atoms with van der Waals surface area (Å²) >= 11 is 31.5. The summed E-state index contributed by atoms with van der Waals surface area (Å²) in [7, 11) is 6.80. The van der Waals surface area contributed by atoms with Crippen molar-refractivity contribution < 1.29 is 28.6 Å². The second-order valence-corrected chi connectivity index (χ2v) is 25.8. The molecule has 0 bridgehead atoms. The maximum atomic E-state index is 13.6. The number of hydrogen-bond donors (Lipinski definition) is 0. The SMILES string of the molecule is O=c1n(CCOC(=[OH+])SSCc2c(Br)cc(Br)cc2Br)c(=O)n(CCOC(=[OH+])SSCc2c(Br)cc(Br)cc2Br)c(=O)n1CCOC(=[OH+])SSCc1c(Br)cc(Br)cc1Br. The van der Waals surface area contributed by atoms with Crippen LogP contribution in [0.2, 0.25) is 0 Å². The van der Waals surface area contributed by atoms with Gasteiger partial charge in [-0.15, -0.1) is 0 Å². The van der Waals surface area contributed by atoms with Crippen molar-refractivity contribution in [2.75, 3.05) is 19.8 Å². The Balaban J connectivity index is 1.39. The largest absolute Gasteiger partial charge is 0.561 e. The zero-order valence-electron chi connectivity index (χ0n) is 29.8. The van der Waals surface area contributed by atoms with Crippen molar-refractivity contribution in [2.24, 2.45) is 0 Å². The number of ether oxygens (including phenoxy) is 3. The summed E-state index contributed by atoms with van der Waals surface area (Å²) in [6, 6.07) is 11.4. The first-order chi connectivity index (χ1) is 28.5. The topological polar surface area (TPSA) is 158 Å². The number of carbonyl (C=O) groups excluding carboxylic acids is 3. The van der Waals surface area contributed by atoms with Gasteiger partial charge in [-0.2, -0.15) is 0 Å². The molecule has 4 aromatic rings. The molecule has 27 heteroatoms. The van der Waals surface area contributed by atoms with E-state index in [1.165, 1.54) is 32.4 Å². The predicted molar refractivity (Wildman–Crippen MR) is 283 cm³/mol. The van der Waals surface area contributed by atoms with Gasteiger partial charge in [0, 0.05) is 57.5 Å². The Bertz CT molecular complexity index is 2060. The van der Waals surface area contributed by atoms with Crippen LogP contribution in [0, 0.1) is 0 Å². The molecule has 0 saturated carbocycles. The second-order valence-electron chi connectivity index (χ2n) is 11.2. The van der Waals surface area contributed by atoms with E-state index >= 15 is 0 Å². The minimum atomic E-state index is -0.945. The molecule has 0 aliphatic rings. The highest BCUT2D eigenvalue weighted by Gasteiger charge is 2.23. The monoisotopic (exact) mass is 1510 g/mol. The summed E-state index contributed by atoms with van der Waals surface area (Å²) in [6.07, 6.45) is 0. The summed E-state index contributed by atoms with van der Waals surface area (Å²) in [6.45, 7) is -1.83. The van der Waals surface area contributed by atoms with Gasteiger partial charge in [-0.05, 0) is 53.1 Å². The summed E-state index contributed by atoms with van der Waals surface area (Å²) in [5.41, 5.74) is 0.0436. The van der Waals surface area contributed by atoms with E-state index in [2.05, 4.69) is 143 Å². The van der Waals surface area contributed by atoms with Crippen molar-refractivity contribution in [1.82, 2.24) is 13.7 Å². The Kier molecular flexibility index (Phi) is 24.0. The molecule has 0 aliphatic heterocycles. The lowest BCUT2D eigenvalue weighted by Gasteiger charge is -2.11. The molecule has 12 nitrogen and oxygen atoms in total. The van der Waals surface area contributed by atoms with E-state index in [1.807, 2.05) is 36.4 Å². The fraction of sp³-hybridized carbons (Fsp3) is 0.273. The number of halogens is 9. The maximum Gasteiger partial charge on any atom is 0.561 e. The molecule has 3 N–H and O–H groups in total.